The first kappa shape index (κ1) is 11.7. The Hall–Kier alpha value is -2.34. The molecule has 0 fully saturated rings. The molecule has 5 nitrogen and oxygen atoms in total. The molecule has 0 saturated heterocycles. The van der Waals surface area contributed by atoms with Crippen LogP contribution < -0.4 is 5.32 Å². The third kappa shape index (κ3) is 2.74. The van der Waals surface area contributed by atoms with E-state index in [0.717, 1.165) is 28.2 Å². The van der Waals surface area contributed by atoms with E-state index in [0.29, 0.717) is 5.16 Å². The summed E-state index contributed by atoms with van der Waals surface area (Å²) < 4.78 is 0. The molecule has 0 aliphatic heterocycles. The predicted octanol–water partition coefficient (Wildman–Crippen LogP) is 3.28. The number of nitrogens with zero attached hydrogens (tertiary/aromatic N) is 2. The number of aromatic nitrogens is 3. The van der Waals surface area contributed by atoms with Gasteiger partial charge in [-0.15, -0.1) is 0 Å². The molecule has 0 spiro atoms. The number of rotatable bonds is 2. The second-order valence-corrected chi connectivity index (χ2v) is 4.83. The zero-order valence-corrected chi connectivity index (χ0v) is 10.6. The number of hydrogen-bond donors (Lipinski definition) is 2. The van der Waals surface area contributed by atoms with E-state index in [-0.39, 0.29) is 5.24 Å². The van der Waals surface area contributed by atoms with E-state index in [9.17, 15) is 4.79 Å². The van der Waals surface area contributed by atoms with Crippen LogP contribution in [0.25, 0.3) is 10.8 Å². The van der Waals surface area contributed by atoms with E-state index in [1.165, 1.54) is 6.33 Å². The molecule has 0 saturated carbocycles. The average Bonchev–Trinajstić information content (AvgIpc) is 2.91. The molecule has 2 N–H and O–H groups in total. The Morgan fingerprint density at radius 3 is 2.79 bits per heavy atom. The Morgan fingerprint density at radius 1 is 1.16 bits per heavy atom. The minimum atomic E-state index is -0.202. The van der Waals surface area contributed by atoms with Crippen LogP contribution in [0.15, 0.2) is 53.9 Å². The van der Waals surface area contributed by atoms with Gasteiger partial charge in [0.15, 0.2) is 5.16 Å². The molecule has 3 aromatic rings. The Bertz CT molecular complexity index is 711. The van der Waals surface area contributed by atoms with Gasteiger partial charge in [0.2, 0.25) is 0 Å². The van der Waals surface area contributed by atoms with Gasteiger partial charge >= 0.3 is 0 Å². The lowest BCUT2D eigenvalue weighted by Crippen LogP contribution is -2.04. The first-order chi connectivity index (χ1) is 9.31. The zero-order chi connectivity index (χ0) is 13.1. The summed E-state index contributed by atoms with van der Waals surface area (Å²) >= 11 is 0.971. The number of thioether (sulfide) groups is 1. The van der Waals surface area contributed by atoms with Gasteiger partial charge in [-0.3, -0.25) is 9.89 Å². The van der Waals surface area contributed by atoms with Crippen molar-refractivity contribution in [2.45, 2.75) is 5.16 Å². The van der Waals surface area contributed by atoms with Crippen LogP contribution in [0.4, 0.5) is 10.5 Å². The van der Waals surface area contributed by atoms with Crippen LogP contribution in [0, 0.1) is 0 Å². The van der Waals surface area contributed by atoms with Crippen molar-refractivity contribution in [2.24, 2.45) is 0 Å². The van der Waals surface area contributed by atoms with Gasteiger partial charge in [-0.1, -0.05) is 30.3 Å². The summed E-state index contributed by atoms with van der Waals surface area (Å²) in [5.41, 5.74) is 0.760. The van der Waals surface area contributed by atoms with Crippen LogP contribution in [-0.4, -0.2) is 20.4 Å². The molecule has 0 radical (unpaired) electrons. The number of carbonyl (C=O) groups is 1. The number of aromatic amines is 1. The third-order valence-corrected chi connectivity index (χ3v) is 3.26. The van der Waals surface area contributed by atoms with Crippen molar-refractivity contribution in [3.8, 4) is 0 Å². The third-order valence-electron chi connectivity index (χ3n) is 2.58. The molecule has 0 atom stereocenters. The normalized spacial score (nSPS) is 10.5. The summed E-state index contributed by atoms with van der Waals surface area (Å²) in [5.74, 6) is 0. The standard InChI is InChI=1S/C13H10N4OS/c18-13(19-12-14-8-15-17-12)16-11-6-5-9-3-1-2-4-10(9)7-11/h1-8H,(H,16,18)(H,14,15,17). The topological polar surface area (TPSA) is 70.7 Å². The summed E-state index contributed by atoms with van der Waals surface area (Å²) in [7, 11) is 0. The molecular formula is C13H10N4OS. The number of hydrogen-bond acceptors (Lipinski definition) is 4. The Balaban J connectivity index is 1.75. The van der Waals surface area contributed by atoms with Gasteiger partial charge in [0.1, 0.15) is 6.33 Å². The molecule has 6 heteroatoms. The van der Waals surface area contributed by atoms with E-state index in [2.05, 4.69) is 20.5 Å². The minimum absolute atomic E-state index is 0.202. The van der Waals surface area contributed by atoms with Crippen molar-refractivity contribution in [2.75, 3.05) is 5.32 Å². The lowest BCUT2D eigenvalue weighted by Gasteiger charge is -2.05. The maximum Gasteiger partial charge on any atom is 0.291 e. The molecule has 3 rings (SSSR count). The largest absolute Gasteiger partial charge is 0.316 e. The Kier molecular flexibility index (Phi) is 3.16. The van der Waals surface area contributed by atoms with Gasteiger partial charge in [0, 0.05) is 17.4 Å². The van der Waals surface area contributed by atoms with Crippen molar-refractivity contribution in [3.05, 3.63) is 48.8 Å². The highest BCUT2D eigenvalue weighted by Gasteiger charge is 2.07. The maximum absolute atomic E-state index is 11.8. The highest BCUT2D eigenvalue weighted by Crippen LogP contribution is 2.21. The number of nitrogens with one attached hydrogen (secondary N) is 2. The van der Waals surface area contributed by atoms with Gasteiger partial charge in [-0.05, 0) is 22.9 Å². The van der Waals surface area contributed by atoms with Crippen molar-refractivity contribution >= 4 is 33.5 Å². The molecule has 0 aliphatic rings. The van der Waals surface area contributed by atoms with E-state index >= 15 is 0 Å². The van der Waals surface area contributed by atoms with Crippen molar-refractivity contribution in [3.63, 3.8) is 0 Å². The number of anilines is 1. The van der Waals surface area contributed by atoms with Crippen LogP contribution in [0.2, 0.25) is 0 Å². The second-order valence-electron chi connectivity index (χ2n) is 3.87. The van der Waals surface area contributed by atoms with E-state index in [4.69, 9.17) is 0 Å². The highest BCUT2D eigenvalue weighted by molar-refractivity contribution is 8.13. The first-order valence-electron chi connectivity index (χ1n) is 5.64. The van der Waals surface area contributed by atoms with E-state index < -0.39 is 0 Å². The molecule has 94 valence electrons. The fourth-order valence-electron chi connectivity index (χ4n) is 1.74. The van der Waals surface area contributed by atoms with Crippen molar-refractivity contribution in [1.82, 2.24) is 15.2 Å². The van der Waals surface area contributed by atoms with Gasteiger partial charge in [-0.2, -0.15) is 5.10 Å². The summed E-state index contributed by atoms with van der Waals surface area (Å²) in [4.78, 5) is 15.7. The molecule has 1 amide bonds. The highest BCUT2D eigenvalue weighted by atomic mass is 32.2. The van der Waals surface area contributed by atoms with Crippen LogP contribution in [0.1, 0.15) is 0 Å². The maximum atomic E-state index is 11.8. The Morgan fingerprint density at radius 2 is 2.00 bits per heavy atom. The van der Waals surface area contributed by atoms with Crippen molar-refractivity contribution in [1.29, 1.82) is 0 Å². The predicted molar refractivity (Wildman–Crippen MR) is 75.2 cm³/mol. The molecule has 1 aromatic heterocycles. The van der Waals surface area contributed by atoms with E-state index in [1.807, 2.05) is 42.5 Å². The van der Waals surface area contributed by atoms with Crippen LogP contribution in [0.5, 0.6) is 0 Å². The lowest BCUT2D eigenvalue weighted by molar-refractivity contribution is 0.269. The number of carbonyl (C=O) groups excluding carboxylic acids is 1. The van der Waals surface area contributed by atoms with Gasteiger partial charge in [0.05, 0.1) is 0 Å². The number of benzene rings is 2. The number of amides is 1. The minimum Gasteiger partial charge on any atom is -0.316 e. The molecule has 1 heterocycles. The average molecular weight is 270 g/mol. The second kappa shape index (κ2) is 5.11. The molecule has 2 aromatic carbocycles. The quantitative estimate of drug-likeness (QED) is 0.701. The number of H-pyrrole nitrogens is 1. The summed E-state index contributed by atoms with van der Waals surface area (Å²) in [6.07, 6.45) is 1.37. The van der Waals surface area contributed by atoms with E-state index in [1.54, 1.807) is 0 Å². The molecule has 0 bridgehead atoms. The van der Waals surface area contributed by atoms with Crippen LogP contribution in [-0.2, 0) is 0 Å². The van der Waals surface area contributed by atoms with Gasteiger partial charge in [-0.25, -0.2) is 4.98 Å². The van der Waals surface area contributed by atoms with Gasteiger partial charge < -0.3 is 5.32 Å². The molecular weight excluding hydrogens is 260 g/mol. The van der Waals surface area contributed by atoms with Crippen LogP contribution in [0.3, 0.4) is 0 Å². The fourth-order valence-corrected chi connectivity index (χ4v) is 2.28. The van der Waals surface area contributed by atoms with Crippen LogP contribution >= 0.6 is 11.8 Å². The van der Waals surface area contributed by atoms with Gasteiger partial charge in [0.25, 0.3) is 5.24 Å². The summed E-state index contributed by atoms with van der Waals surface area (Å²) in [5, 5.41) is 11.6. The molecule has 19 heavy (non-hydrogen) atoms. The zero-order valence-electron chi connectivity index (χ0n) is 9.83. The smallest absolute Gasteiger partial charge is 0.291 e. The molecule has 0 aliphatic carbocycles. The first-order valence-corrected chi connectivity index (χ1v) is 6.46. The summed E-state index contributed by atoms with van der Waals surface area (Å²) in [6.45, 7) is 0. The molecule has 0 unspecified atom stereocenters. The Labute approximate surface area is 113 Å². The SMILES string of the molecule is O=C(Nc1ccc2ccccc2c1)Sc1ncn[nH]1. The lowest BCUT2D eigenvalue weighted by atomic mass is 10.1. The summed E-state index contributed by atoms with van der Waals surface area (Å²) in [6, 6.07) is 13.8. The monoisotopic (exact) mass is 270 g/mol. The number of fused-ring (bicyclic) bond motifs is 1. The van der Waals surface area contributed by atoms with Crippen molar-refractivity contribution < 1.29 is 4.79 Å². The fraction of sp³-hybridized carbons (Fsp3) is 0.